The Hall–Kier alpha value is -2.81. The normalized spacial score (nSPS) is 14.0. The third-order valence-corrected chi connectivity index (χ3v) is 7.13. The lowest BCUT2D eigenvalue weighted by Gasteiger charge is -2.29. The number of benzene rings is 3. The summed E-state index contributed by atoms with van der Waals surface area (Å²) >= 11 is 0. The van der Waals surface area contributed by atoms with Crippen LogP contribution in [0.25, 0.3) is 0 Å². The molecule has 0 saturated heterocycles. The van der Waals surface area contributed by atoms with E-state index in [0.29, 0.717) is 12.8 Å². The lowest BCUT2D eigenvalue weighted by atomic mass is 9.87. The first-order valence-corrected chi connectivity index (χ1v) is 12.6. The van der Waals surface area contributed by atoms with Crippen molar-refractivity contribution in [2.45, 2.75) is 45.1 Å². The van der Waals surface area contributed by atoms with Crippen LogP contribution in [0.4, 0.5) is 0 Å². The van der Waals surface area contributed by atoms with E-state index in [4.69, 9.17) is 9.47 Å². The molecular weight excluding hydrogens is 443 g/mol. The molecule has 0 aliphatic heterocycles. The lowest BCUT2D eigenvalue weighted by Crippen LogP contribution is -2.43. The molecule has 34 heavy (non-hydrogen) atoms. The second-order valence-corrected chi connectivity index (χ2v) is 10.2. The Morgan fingerprint density at radius 3 is 1.88 bits per heavy atom. The smallest absolute Gasteiger partial charge is 0.361 e. The SMILES string of the molecule is COC(Cc1ccc(Cc2ccccc2)cc1)([PH+]=O)C(CC(C)C)C(=O)OCc1ccccc1. The van der Waals surface area contributed by atoms with Crippen LogP contribution in [0.3, 0.4) is 0 Å². The number of hydrogen-bond acceptors (Lipinski definition) is 4. The van der Waals surface area contributed by atoms with E-state index in [-0.39, 0.29) is 18.5 Å². The largest absolute Gasteiger partial charge is 0.460 e. The van der Waals surface area contributed by atoms with Crippen LogP contribution in [-0.2, 0) is 38.3 Å². The Morgan fingerprint density at radius 2 is 1.35 bits per heavy atom. The van der Waals surface area contributed by atoms with Gasteiger partial charge in [0.05, 0.1) is 0 Å². The molecule has 3 atom stereocenters. The summed E-state index contributed by atoms with van der Waals surface area (Å²) in [5.74, 6) is -0.794. The van der Waals surface area contributed by atoms with Gasteiger partial charge >= 0.3 is 14.4 Å². The first kappa shape index (κ1) is 25.8. The quantitative estimate of drug-likeness (QED) is 0.218. The third kappa shape index (κ3) is 7.09. The summed E-state index contributed by atoms with van der Waals surface area (Å²) in [6.45, 7) is 4.28. The molecule has 5 heteroatoms. The fraction of sp³-hybridized carbons (Fsp3) is 0.345. The highest BCUT2D eigenvalue weighted by atomic mass is 31.1. The number of hydrogen-bond donors (Lipinski definition) is 0. The molecule has 3 rings (SSSR count). The Labute approximate surface area is 204 Å². The zero-order valence-electron chi connectivity index (χ0n) is 20.2. The summed E-state index contributed by atoms with van der Waals surface area (Å²) < 4.78 is 24.1. The van der Waals surface area contributed by atoms with Crippen LogP contribution >= 0.6 is 8.46 Å². The van der Waals surface area contributed by atoms with E-state index < -0.39 is 19.7 Å². The molecule has 0 spiro atoms. The van der Waals surface area contributed by atoms with Gasteiger partial charge in [0.25, 0.3) is 5.34 Å². The zero-order chi connectivity index (χ0) is 24.4. The topological polar surface area (TPSA) is 52.6 Å². The maximum absolute atomic E-state index is 13.2. The minimum absolute atomic E-state index is 0.185. The Morgan fingerprint density at radius 1 is 0.824 bits per heavy atom. The summed E-state index contributed by atoms with van der Waals surface area (Å²) in [5, 5.41) is -1.14. The fourth-order valence-electron chi connectivity index (χ4n) is 4.17. The molecule has 0 fully saturated rings. The lowest BCUT2D eigenvalue weighted by molar-refractivity contribution is -0.158. The van der Waals surface area contributed by atoms with Crippen molar-refractivity contribution in [3.8, 4) is 0 Å². The average molecular weight is 478 g/mol. The molecule has 0 N–H and O–H groups in total. The van der Waals surface area contributed by atoms with Crippen LogP contribution < -0.4 is 0 Å². The van der Waals surface area contributed by atoms with Crippen molar-refractivity contribution in [1.82, 2.24) is 0 Å². The van der Waals surface area contributed by atoms with Crippen molar-refractivity contribution in [3.63, 3.8) is 0 Å². The summed E-state index contributed by atoms with van der Waals surface area (Å²) in [4.78, 5) is 13.2. The minimum Gasteiger partial charge on any atom is -0.460 e. The monoisotopic (exact) mass is 477 g/mol. The van der Waals surface area contributed by atoms with Crippen LogP contribution in [-0.4, -0.2) is 18.4 Å². The maximum Gasteiger partial charge on any atom is 0.361 e. The summed E-state index contributed by atoms with van der Waals surface area (Å²) in [5.41, 5.74) is 4.34. The van der Waals surface area contributed by atoms with E-state index in [2.05, 4.69) is 24.3 Å². The van der Waals surface area contributed by atoms with Crippen LogP contribution in [0.2, 0.25) is 0 Å². The first-order valence-electron chi connectivity index (χ1n) is 11.7. The fourth-order valence-corrected chi connectivity index (χ4v) is 4.91. The van der Waals surface area contributed by atoms with Crippen LogP contribution in [0.5, 0.6) is 0 Å². The van der Waals surface area contributed by atoms with E-state index in [1.165, 1.54) is 18.2 Å². The second kappa shape index (κ2) is 12.6. The predicted octanol–water partition coefficient (Wildman–Crippen LogP) is 6.59. The Kier molecular flexibility index (Phi) is 9.56. The number of methoxy groups -OCH3 is 1. The standard InChI is InChI=1S/C29H33O4P/c1-22(2)18-27(28(30)33-21-26-12-8-5-9-13-26)29(32-3,34-31)20-25-16-14-24(15-17-25)19-23-10-6-4-7-11-23/h4-17,22,27H,18-21H2,1-3H3/p+1. The van der Waals surface area contributed by atoms with E-state index in [1.807, 2.05) is 74.5 Å². The van der Waals surface area contributed by atoms with Gasteiger partial charge in [-0.3, -0.25) is 4.79 Å². The summed E-state index contributed by atoms with van der Waals surface area (Å²) in [7, 11) is 0.725. The summed E-state index contributed by atoms with van der Waals surface area (Å²) in [6.07, 6.45) is 1.75. The molecule has 3 aromatic carbocycles. The van der Waals surface area contributed by atoms with Crippen molar-refractivity contribution < 1.29 is 18.8 Å². The molecule has 0 amide bonds. The Bertz CT molecular complexity index is 1030. The highest BCUT2D eigenvalue weighted by Crippen LogP contribution is 2.40. The molecular formula is C29H34O4P+. The van der Waals surface area contributed by atoms with Crippen molar-refractivity contribution in [2.24, 2.45) is 11.8 Å². The maximum atomic E-state index is 13.2. The third-order valence-electron chi connectivity index (χ3n) is 6.06. The van der Waals surface area contributed by atoms with Gasteiger partial charge in [-0.15, -0.1) is 0 Å². The highest BCUT2D eigenvalue weighted by Gasteiger charge is 2.52. The minimum atomic E-state index is -1.14. The van der Waals surface area contributed by atoms with E-state index in [1.54, 1.807) is 0 Å². The van der Waals surface area contributed by atoms with Gasteiger partial charge < -0.3 is 9.47 Å². The van der Waals surface area contributed by atoms with Gasteiger partial charge in [-0.05, 0) is 41.0 Å². The molecule has 0 aliphatic rings. The number of carbonyl (C=O) groups excluding carboxylic acids is 1. The van der Waals surface area contributed by atoms with Crippen LogP contribution in [0, 0.1) is 11.8 Å². The van der Waals surface area contributed by atoms with Crippen LogP contribution in [0.1, 0.15) is 42.5 Å². The highest BCUT2D eigenvalue weighted by molar-refractivity contribution is 7.25. The van der Waals surface area contributed by atoms with Gasteiger partial charge in [0.15, 0.2) is 0 Å². The molecule has 0 heterocycles. The van der Waals surface area contributed by atoms with Gasteiger partial charge in [0.1, 0.15) is 12.5 Å². The number of carbonyl (C=O) groups is 1. The van der Waals surface area contributed by atoms with Gasteiger partial charge in [-0.2, -0.15) is 0 Å². The van der Waals surface area contributed by atoms with E-state index in [0.717, 1.165) is 17.5 Å². The van der Waals surface area contributed by atoms with Gasteiger partial charge in [-0.25, -0.2) is 0 Å². The Balaban J connectivity index is 1.77. The number of rotatable bonds is 12. The van der Waals surface area contributed by atoms with Crippen molar-refractivity contribution in [1.29, 1.82) is 0 Å². The molecule has 0 bridgehead atoms. The zero-order valence-corrected chi connectivity index (χ0v) is 21.2. The first-order chi connectivity index (χ1) is 16.5. The molecule has 3 aromatic rings. The molecule has 178 valence electrons. The molecule has 0 aliphatic carbocycles. The summed E-state index contributed by atoms with van der Waals surface area (Å²) in [6, 6.07) is 28.1. The van der Waals surface area contributed by atoms with Gasteiger partial charge in [-0.1, -0.05) is 103 Å². The predicted molar refractivity (Wildman–Crippen MR) is 137 cm³/mol. The molecule has 4 nitrogen and oxygen atoms in total. The van der Waals surface area contributed by atoms with Crippen molar-refractivity contribution in [3.05, 3.63) is 107 Å². The second-order valence-electron chi connectivity index (χ2n) is 9.13. The van der Waals surface area contributed by atoms with Crippen molar-refractivity contribution >= 4 is 14.4 Å². The van der Waals surface area contributed by atoms with Gasteiger partial charge in [0, 0.05) is 13.5 Å². The average Bonchev–Trinajstić information content (AvgIpc) is 2.87. The number of esters is 1. The van der Waals surface area contributed by atoms with Crippen molar-refractivity contribution in [2.75, 3.05) is 7.11 Å². The number of ether oxygens (including phenoxy) is 2. The van der Waals surface area contributed by atoms with Crippen LogP contribution in [0.15, 0.2) is 84.9 Å². The molecule has 0 saturated carbocycles. The van der Waals surface area contributed by atoms with E-state index in [9.17, 15) is 9.36 Å². The van der Waals surface area contributed by atoms with Gasteiger partial charge in [0.2, 0.25) is 0 Å². The molecule has 0 aromatic heterocycles. The van der Waals surface area contributed by atoms with E-state index >= 15 is 0 Å². The molecule has 3 unspecified atom stereocenters. The molecule has 0 radical (unpaired) electrons.